The fraction of sp³-hybridized carbons (Fsp3) is 0.0952. The van der Waals surface area contributed by atoms with Crippen LogP contribution in [0, 0.1) is 27.7 Å². The van der Waals surface area contributed by atoms with Gasteiger partial charge in [0, 0.05) is 37.6 Å². The van der Waals surface area contributed by atoms with Gasteiger partial charge in [-0.15, -0.1) is 11.3 Å². The Labute approximate surface area is 277 Å². The standard InChI is InChI=1S/C42H28N2O3S/c1-21-5-11-25(12-6-21)43-35-27-15-9-23(3)17-31(27)45-39(35)40-37(43)29-20-34-30(19-33(29)46-40)38-42(48-34)41-36(28-16-10-24(4)18-32(28)47-41)44(38)26-13-7-22(2)8-14-26/h5-20H,1-4H3. The van der Waals surface area contributed by atoms with Gasteiger partial charge < -0.3 is 22.4 Å². The average Bonchev–Trinajstić information content (AvgIpc) is 3.89. The van der Waals surface area contributed by atoms with E-state index >= 15 is 0 Å². The minimum absolute atomic E-state index is 0.771. The molecule has 0 aliphatic rings. The number of rotatable bonds is 2. The molecule has 5 nitrogen and oxygen atoms in total. The fourth-order valence-electron chi connectivity index (χ4n) is 7.67. The third-order valence-electron chi connectivity index (χ3n) is 9.98. The maximum Gasteiger partial charge on any atom is 0.196 e. The van der Waals surface area contributed by atoms with Crippen LogP contribution in [0.15, 0.2) is 110 Å². The summed E-state index contributed by atoms with van der Waals surface area (Å²) in [5.41, 5.74) is 16.4. The molecule has 11 rings (SSSR count). The van der Waals surface area contributed by atoms with Crippen LogP contribution in [-0.2, 0) is 0 Å². The van der Waals surface area contributed by atoms with Crippen LogP contribution in [0.3, 0.4) is 0 Å². The molecule has 48 heavy (non-hydrogen) atoms. The number of hydrogen-bond acceptors (Lipinski definition) is 4. The molecule has 230 valence electrons. The highest BCUT2D eigenvalue weighted by Gasteiger charge is 2.28. The summed E-state index contributed by atoms with van der Waals surface area (Å²) in [6, 6.07) is 34.9. The molecule has 0 saturated carbocycles. The molecule has 0 aliphatic heterocycles. The number of fused-ring (bicyclic) bond motifs is 14. The van der Waals surface area contributed by atoms with Crippen molar-refractivity contribution < 1.29 is 13.3 Å². The molecular formula is C42H28N2O3S. The molecule has 0 aliphatic carbocycles. The van der Waals surface area contributed by atoms with Crippen LogP contribution in [0.25, 0.3) is 97.9 Å². The van der Waals surface area contributed by atoms with Gasteiger partial charge in [0.25, 0.3) is 0 Å². The highest BCUT2D eigenvalue weighted by atomic mass is 32.1. The Morgan fingerprint density at radius 3 is 1.46 bits per heavy atom. The lowest BCUT2D eigenvalue weighted by atomic mass is 10.1. The lowest BCUT2D eigenvalue weighted by molar-refractivity contribution is 0.634. The minimum atomic E-state index is 0.771. The molecule has 0 amide bonds. The van der Waals surface area contributed by atoms with Gasteiger partial charge in [0.05, 0.1) is 10.2 Å². The summed E-state index contributed by atoms with van der Waals surface area (Å²) in [6.07, 6.45) is 0. The van der Waals surface area contributed by atoms with Gasteiger partial charge in [-0.3, -0.25) is 0 Å². The Bertz CT molecular complexity index is 2920. The molecular weight excluding hydrogens is 613 g/mol. The predicted molar refractivity (Wildman–Crippen MR) is 199 cm³/mol. The lowest BCUT2D eigenvalue weighted by Gasteiger charge is -2.08. The largest absolute Gasteiger partial charge is 0.453 e. The van der Waals surface area contributed by atoms with E-state index in [-0.39, 0.29) is 0 Å². The summed E-state index contributed by atoms with van der Waals surface area (Å²) in [4.78, 5) is 0. The molecule has 0 spiro atoms. The third-order valence-corrected chi connectivity index (χ3v) is 11.1. The van der Waals surface area contributed by atoms with E-state index in [1.165, 1.54) is 21.4 Å². The smallest absolute Gasteiger partial charge is 0.196 e. The summed E-state index contributed by atoms with van der Waals surface area (Å²) in [5.74, 6) is 0. The number of nitrogens with zero attached hydrogens (tertiary/aromatic N) is 2. The van der Waals surface area contributed by atoms with E-state index in [1.807, 2.05) is 0 Å². The van der Waals surface area contributed by atoms with Gasteiger partial charge in [0.15, 0.2) is 16.7 Å². The monoisotopic (exact) mass is 640 g/mol. The van der Waals surface area contributed by atoms with Crippen molar-refractivity contribution in [1.29, 1.82) is 0 Å². The summed E-state index contributed by atoms with van der Waals surface area (Å²) in [7, 11) is 0. The molecule has 6 heteroatoms. The Morgan fingerprint density at radius 1 is 0.417 bits per heavy atom. The van der Waals surface area contributed by atoms with Gasteiger partial charge in [0.2, 0.25) is 0 Å². The fourth-order valence-corrected chi connectivity index (χ4v) is 8.86. The van der Waals surface area contributed by atoms with Crippen molar-refractivity contribution in [1.82, 2.24) is 9.13 Å². The molecule has 0 bridgehead atoms. The van der Waals surface area contributed by atoms with E-state index in [1.54, 1.807) is 11.3 Å². The highest BCUT2D eigenvalue weighted by Crippen LogP contribution is 2.49. The summed E-state index contributed by atoms with van der Waals surface area (Å²) < 4.78 is 27.1. The number of aromatic nitrogens is 2. The van der Waals surface area contributed by atoms with Crippen molar-refractivity contribution >= 4 is 97.8 Å². The van der Waals surface area contributed by atoms with Gasteiger partial charge in [-0.2, -0.15) is 0 Å². The molecule has 6 aromatic heterocycles. The zero-order valence-electron chi connectivity index (χ0n) is 26.8. The van der Waals surface area contributed by atoms with Crippen molar-refractivity contribution in [3.63, 3.8) is 0 Å². The Kier molecular flexibility index (Phi) is 4.94. The first kappa shape index (κ1) is 26.4. The molecule has 0 saturated heterocycles. The molecule has 5 aromatic carbocycles. The van der Waals surface area contributed by atoms with E-state index < -0.39 is 0 Å². The number of aryl methyl sites for hydroxylation is 4. The van der Waals surface area contributed by atoms with Gasteiger partial charge in [-0.25, -0.2) is 0 Å². The number of benzene rings is 5. The number of hydrogen-bond donors (Lipinski definition) is 0. The predicted octanol–water partition coefficient (Wildman–Crippen LogP) is 12.6. The Morgan fingerprint density at radius 2 is 0.875 bits per heavy atom. The van der Waals surface area contributed by atoms with Crippen LogP contribution in [0.2, 0.25) is 0 Å². The van der Waals surface area contributed by atoms with Crippen molar-refractivity contribution in [2.75, 3.05) is 0 Å². The zero-order chi connectivity index (χ0) is 32.0. The number of furan rings is 3. The first-order chi connectivity index (χ1) is 23.4. The van der Waals surface area contributed by atoms with Crippen molar-refractivity contribution in [3.8, 4) is 11.4 Å². The summed E-state index contributed by atoms with van der Waals surface area (Å²) in [5, 5.41) is 4.40. The van der Waals surface area contributed by atoms with Crippen LogP contribution in [0.4, 0.5) is 0 Å². The van der Waals surface area contributed by atoms with E-state index in [0.717, 1.165) is 98.7 Å². The molecule has 0 fully saturated rings. The van der Waals surface area contributed by atoms with Crippen LogP contribution in [-0.4, -0.2) is 9.13 Å². The lowest BCUT2D eigenvalue weighted by Crippen LogP contribution is -1.94. The van der Waals surface area contributed by atoms with Crippen LogP contribution in [0.1, 0.15) is 22.3 Å². The molecule has 0 N–H and O–H groups in total. The second-order valence-corrected chi connectivity index (χ2v) is 14.4. The zero-order valence-corrected chi connectivity index (χ0v) is 27.6. The van der Waals surface area contributed by atoms with Crippen molar-refractivity contribution in [2.24, 2.45) is 0 Å². The second-order valence-electron chi connectivity index (χ2n) is 13.3. The third kappa shape index (κ3) is 3.35. The second kappa shape index (κ2) is 9.00. The molecule has 6 heterocycles. The maximum absolute atomic E-state index is 6.84. The van der Waals surface area contributed by atoms with E-state index in [9.17, 15) is 0 Å². The SMILES string of the molecule is Cc1ccc(-n2c3c4ccc(C)cc4oc3c3oc4cc5c(cc4c32)sc2c3oc4cc(C)ccc4c3n(-c3ccc(C)cc3)c52)cc1. The molecule has 0 atom stereocenters. The van der Waals surface area contributed by atoms with Crippen molar-refractivity contribution in [2.45, 2.75) is 27.7 Å². The Hall–Kier alpha value is -5.72. The quantitative estimate of drug-likeness (QED) is 0.189. The minimum Gasteiger partial charge on any atom is -0.453 e. The molecule has 0 radical (unpaired) electrons. The highest BCUT2D eigenvalue weighted by molar-refractivity contribution is 7.26. The first-order valence-corrected chi connectivity index (χ1v) is 17.1. The van der Waals surface area contributed by atoms with Crippen LogP contribution >= 0.6 is 11.3 Å². The first-order valence-electron chi connectivity index (χ1n) is 16.2. The van der Waals surface area contributed by atoms with E-state index in [0.29, 0.717) is 0 Å². The average molecular weight is 641 g/mol. The normalized spacial score (nSPS) is 12.6. The van der Waals surface area contributed by atoms with Gasteiger partial charge in [-0.05, 0) is 99.5 Å². The van der Waals surface area contributed by atoms with Crippen LogP contribution in [0.5, 0.6) is 0 Å². The number of thiophene rings is 1. The summed E-state index contributed by atoms with van der Waals surface area (Å²) in [6.45, 7) is 8.45. The molecule has 0 unspecified atom stereocenters. The topological polar surface area (TPSA) is 49.3 Å². The van der Waals surface area contributed by atoms with Gasteiger partial charge >= 0.3 is 0 Å². The van der Waals surface area contributed by atoms with Crippen LogP contribution < -0.4 is 0 Å². The van der Waals surface area contributed by atoms with Gasteiger partial charge in [-0.1, -0.05) is 47.5 Å². The van der Waals surface area contributed by atoms with Crippen molar-refractivity contribution in [3.05, 3.63) is 119 Å². The maximum atomic E-state index is 6.84. The molecule has 11 aromatic rings. The van der Waals surface area contributed by atoms with Gasteiger partial charge in [0.1, 0.15) is 33.3 Å². The van der Waals surface area contributed by atoms with E-state index in [2.05, 4.69) is 134 Å². The Balaban J connectivity index is 1.29. The van der Waals surface area contributed by atoms with E-state index in [4.69, 9.17) is 13.3 Å². The summed E-state index contributed by atoms with van der Waals surface area (Å²) >= 11 is 1.78.